The SMILES string of the molecule is CCCCCCC(OC)(OC)c1ccc(C(F)(F)F)cc1. The second kappa shape index (κ2) is 7.80. The largest absolute Gasteiger partial charge is 0.416 e. The highest BCUT2D eigenvalue weighted by Gasteiger charge is 2.34. The summed E-state index contributed by atoms with van der Waals surface area (Å²) in [6.07, 6.45) is 0.472. The first-order chi connectivity index (χ1) is 9.89. The molecule has 0 fully saturated rings. The van der Waals surface area contributed by atoms with Crippen molar-refractivity contribution in [1.82, 2.24) is 0 Å². The number of alkyl halides is 3. The standard InChI is InChI=1S/C16H23F3O2/c1-4-5-6-7-12-15(20-2,21-3)13-8-10-14(11-9-13)16(17,18)19/h8-11H,4-7,12H2,1-3H3. The Balaban J connectivity index is 2.89. The number of methoxy groups -OCH3 is 2. The molecule has 21 heavy (non-hydrogen) atoms. The van der Waals surface area contributed by atoms with Crippen molar-refractivity contribution in [1.29, 1.82) is 0 Å². The zero-order valence-corrected chi connectivity index (χ0v) is 12.8. The van der Waals surface area contributed by atoms with E-state index in [-0.39, 0.29) is 0 Å². The van der Waals surface area contributed by atoms with Crippen LogP contribution >= 0.6 is 0 Å². The van der Waals surface area contributed by atoms with Gasteiger partial charge in [0.15, 0.2) is 5.79 Å². The van der Waals surface area contributed by atoms with Gasteiger partial charge in [-0.15, -0.1) is 0 Å². The van der Waals surface area contributed by atoms with Crippen LogP contribution < -0.4 is 0 Å². The Kier molecular flexibility index (Phi) is 6.68. The second-order valence-corrected chi connectivity index (χ2v) is 5.05. The molecule has 0 aliphatic rings. The molecule has 5 heteroatoms. The van der Waals surface area contributed by atoms with Gasteiger partial charge in [-0.05, 0) is 18.6 Å². The summed E-state index contributed by atoms with van der Waals surface area (Å²) in [7, 11) is 3.03. The lowest BCUT2D eigenvalue weighted by Gasteiger charge is -2.31. The molecular formula is C16H23F3O2. The molecule has 0 N–H and O–H groups in total. The molecule has 0 bridgehead atoms. The van der Waals surface area contributed by atoms with Gasteiger partial charge >= 0.3 is 6.18 Å². The number of benzene rings is 1. The number of hydrogen-bond donors (Lipinski definition) is 0. The van der Waals surface area contributed by atoms with Crippen LogP contribution in [0, 0.1) is 0 Å². The number of hydrogen-bond acceptors (Lipinski definition) is 2. The molecule has 0 saturated heterocycles. The number of unbranched alkanes of at least 4 members (excludes halogenated alkanes) is 3. The lowest BCUT2D eigenvalue weighted by atomic mass is 9.97. The molecular weight excluding hydrogens is 281 g/mol. The third kappa shape index (κ3) is 4.71. The molecule has 0 unspecified atom stereocenters. The van der Waals surface area contributed by atoms with Crippen LogP contribution in [0.5, 0.6) is 0 Å². The average Bonchev–Trinajstić information content (AvgIpc) is 2.47. The number of rotatable bonds is 8. The molecule has 0 radical (unpaired) electrons. The maximum atomic E-state index is 12.6. The fourth-order valence-electron chi connectivity index (χ4n) is 2.37. The molecule has 0 amide bonds. The first-order valence-electron chi connectivity index (χ1n) is 7.17. The van der Waals surface area contributed by atoms with Crippen LogP contribution in [0.1, 0.15) is 50.2 Å². The zero-order valence-electron chi connectivity index (χ0n) is 12.8. The van der Waals surface area contributed by atoms with E-state index in [1.54, 1.807) is 0 Å². The van der Waals surface area contributed by atoms with Gasteiger partial charge in [0.25, 0.3) is 0 Å². The van der Waals surface area contributed by atoms with Crippen LogP contribution in [0.4, 0.5) is 13.2 Å². The predicted octanol–water partition coefficient (Wildman–Crippen LogP) is 5.12. The lowest BCUT2D eigenvalue weighted by molar-refractivity contribution is -0.221. The lowest BCUT2D eigenvalue weighted by Crippen LogP contribution is -2.31. The van der Waals surface area contributed by atoms with Gasteiger partial charge in [0.2, 0.25) is 0 Å². The van der Waals surface area contributed by atoms with E-state index < -0.39 is 17.5 Å². The van der Waals surface area contributed by atoms with Crippen molar-refractivity contribution in [3.8, 4) is 0 Å². The molecule has 0 atom stereocenters. The Morgan fingerprint density at radius 3 is 1.81 bits per heavy atom. The van der Waals surface area contributed by atoms with Crippen LogP contribution in [-0.2, 0) is 21.4 Å². The van der Waals surface area contributed by atoms with Gasteiger partial charge in [-0.2, -0.15) is 13.2 Å². The van der Waals surface area contributed by atoms with Crippen LogP contribution in [0.15, 0.2) is 24.3 Å². The summed E-state index contributed by atoms with van der Waals surface area (Å²) >= 11 is 0. The average molecular weight is 304 g/mol. The van der Waals surface area contributed by atoms with Crippen LogP contribution in [0.3, 0.4) is 0 Å². The Bertz CT molecular complexity index is 409. The maximum Gasteiger partial charge on any atom is 0.416 e. The maximum absolute atomic E-state index is 12.6. The second-order valence-electron chi connectivity index (χ2n) is 5.05. The zero-order chi connectivity index (χ0) is 15.9. The van der Waals surface area contributed by atoms with Gasteiger partial charge in [-0.3, -0.25) is 0 Å². The highest BCUT2D eigenvalue weighted by molar-refractivity contribution is 5.27. The summed E-state index contributed by atoms with van der Waals surface area (Å²) in [6, 6.07) is 4.98. The summed E-state index contributed by atoms with van der Waals surface area (Å²) in [6.45, 7) is 2.12. The van der Waals surface area contributed by atoms with Gasteiger partial charge in [-0.1, -0.05) is 38.3 Å². The Labute approximate surface area is 124 Å². The van der Waals surface area contributed by atoms with E-state index in [9.17, 15) is 13.2 Å². The molecule has 2 nitrogen and oxygen atoms in total. The van der Waals surface area contributed by atoms with Crippen molar-refractivity contribution in [2.24, 2.45) is 0 Å². The number of halogens is 3. The quantitative estimate of drug-likeness (QED) is 0.490. The smallest absolute Gasteiger partial charge is 0.349 e. The summed E-state index contributed by atoms with van der Waals surface area (Å²) in [5.41, 5.74) is -0.0599. The fraction of sp³-hybridized carbons (Fsp3) is 0.625. The van der Waals surface area contributed by atoms with Gasteiger partial charge < -0.3 is 9.47 Å². The third-order valence-electron chi connectivity index (χ3n) is 3.67. The van der Waals surface area contributed by atoms with Crippen LogP contribution in [-0.4, -0.2) is 14.2 Å². The topological polar surface area (TPSA) is 18.5 Å². The van der Waals surface area contributed by atoms with Crippen molar-refractivity contribution in [3.63, 3.8) is 0 Å². The summed E-state index contributed by atoms with van der Waals surface area (Å²) < 4.78 is 48.8. The summed E-state index contributed by atoms with van der Waals surface area (Å²) in [5, 5.41) is 0. The van der Waals surface area contributed by atoms with E-state index in [0.717, 1.165) is 37.8 Å². The van der Waals surface area contributed by atoms with E-state index in [0.29, 0.717) is 12.0 Å². The van der Waals surface area contributed by atoms with Gasteiger partial charge in [0.05, 0.1) is 5.56 Å². The van der Waals surface area contributed by atoms with E-state index in [1.165, 1.54) is 26.4 Å². The van der Waals surface area contributed by atoms with E-state index in [1.807, 2.05) is 0 Å². The highest BCUT2D eigenvalue weighted by atomic mass is 19.4. The van der Waals surface area contributed by atoms with Crippen LogP contribution in [0.25, 0.3) is 0 Å². The molecule has 0 spiro atoms. The predicted molar refractivity (Wildman–Crippen MR) is 75.9 cm³/mol. The molecule has 1 aromatic rings. The van der Waals surface area contributed by atoms with Crippen molar-refractivity contribution >= 4 is 0 Å². The minimum absolute atomic E-state index is 0.608. The van der Waals surface area contributed by atoms with Gasteiger partial charge in [0.1, 0.15) is 0 Å². The molecule has 1 rings (SSSR count). The van der Waals surface area contributed by atoms with Crippen LogP contribution in [0.2, 0.25) is 0 Å². The first-order valence-corrected chi connectivity index (χ1v) is 7.17. The van der Waals surface area contributed by atoms with Gasteiger partial charge in [-0.25, -0.2) is 0 Å². The monoisotopic (exact) mass is 304 g/mol. The minimum Gasteiger partial charge on any atom is -0.349 e. The summed E-state index contributed by atoms with van der Waals surface area (Å²) in [5.74, 6) is -0.974. The molecule has 0 aliphatic carbocycles. The highest BCUT2D eigenvalue weighted by Crippen LogP contribution is 2.35. The normalized spacial score (nSPS) is 12.7. The van der Waals surface area contributed by atoms with Crippen molar-refractivity contribution in [2.75, 3.05) is 14.2 Å². The fourth-order valence-corrected chi connectivity index (χ4v) is 2.37. The molecule has 0 saturated carbocycles. The Hall–Kier alpha value is -1.07. The number of ether oxygens (including phenoxy) is 2. The molecule has 0 aliphatic heterocycles. The van der Waals surface area contributed by atoms with Crippen molar-refractivity contribution in [2.45, 2.75) is 51.0 Å². The first kappa shape index (κ1) is 18.0. The molecule has 0 heterocycles. The van der Waals surface area contributed by atoms with E-state index in [4.69, 9.17) is 9.47 Å². The third-order valence-corrected chi connectivity index (χ3v) is 3.67. The van der Waals surface area contributed by atoms with E-state index in [2.05, 4.69) is 6.92 Å². The molecule has 0 aromatic heterocycles. The van der Waals surface area contributed by atoms with Gasteiger partial charge in [0, 0.05) is 26.2 Å². The molecule has 120 valence electrons. The van der Waals surface area contributed by atoms with Crippen molar-refractivity contribution < 1.29 is 22.6 Å². The van der Waals surface area contributed by atoms with E-state index >= 15 is 0 Å². The van der Waals surface area contributed by atoms with Crippen molar-refractivity contribution in [3.05, 3.63) is 35.4 Å². The Morgan fingerprint density at radius 2 is 1.38 bits per heavy atom. The minimum atomic E-state index is -4.33. The summed E-state index contributed by atoms with van der Waals surface area (Å²) in [4.78, 5) is 0. The molecule has 1 aromatic carbocycles. The Morgan fingerprint density at radius 1 is 0.857 bits per heavy atom.